The minimum atomic E-state index is 0.133. The van der Waals surface area contributed by atoms with Gasteiger partial charge in [-0.2, -0.15) is 0 Å². The van der Waals surface area contributed by atoms with Crippen LogP contribution in [-0.4, -0.2) is 44.8 Å². The molecule has 4 rings (SSSR count). The van der Waals surface area contributed by atoms with Gasteiger partial charge in [0.25, 0.3) is 0 Å². The normalized spacial score (nSPS) is 20.8. The summed E-state index contributed by atoms with van der Waals surface area (Å²) in [5, 5.41) is 0. The first kappa shape index (κ1) is 17.6. The lowest BCUT2D eigenvalue weighted by Gasteiger charge is -2.35. The van der Waals surface area contributed by atoms with Crippen LogP contribution in [0.5, 0.6) is 0 Å². The second kappa shape index (κ2) is 7.45. The third-order valence-electron chi connectivity index (χ3n) is 6.22. The first-order chi connectivity index (χ1) is 12.6. The van der Waals surface area contributed by atoms with E-state index in [9.17, 15) is 9.59 Å². The summed E-state index contributed by atoms with van der Waals surface area (Å²) in [5.74, 6) is 0.556. The standard InChI is InChI=1S/C21H31N3O2/c1-22-13-5-8-19(22)14-23(18-11-12-18)20(25)15-24(21(26)16-9-10-16)17-6-3-2-4-7-17/h5,8,13,16-18H,2-4,6-7,9-12,14-15H2,1H3. The molecule has 1 aromatic rings. The molecule has 1 aromatic heterocycles. The number of rotatable bonds is 7. The molecule has 0 aromatic carbocycles. The van der Waals surface area contributed by atoms with Crippen molar-refractivity contribution in [3.8, 4) is 0 Å². The Morgan fingerprint density at radius 3 is 2.27 bits per heavy atom. The molecule has 0 saturated heterocycles. The molecule has 142 valence electrons. The van der Waals surface area contributed by atoms with Crippen molar-refractivity contribution in [3.63, 3.8) is 0 Å². The molecule has 5 nitrogen and oxygen atoms in total. The predicted molar refractivity (Wildman–Crippen MR) is 100 cm³/mol. The van der Waals surface area contributed by atoms with Crippen LogP contribution in [-0.2, 0) is 23.2 Å². The molecule has 2 amide bonds. The number of aryl methyl sites for hydroxylation is 1. The number of hydrogen-bond acceptors (Lipinski definition) is 2. The minimum absolute atomic E-state index is 0.133. The van der Waals surface area contributed by atoms with Crippen molar-refractivity contribution < 1.29 is 9.59 Å². The Bertz CT molecular complexity index is 654. The highest BCUT2D eigenvalue weighted by atomic mass is 16.2. The van der Waals surface area contributed by atoms with Gasteiger partial charge in [-0.1, -0.05) is 19.3 Å². The zero-order chi connectivity index (χ0) is 18.1. The largest absolute Gasteiger partial charge is 0.353 e. The number of carbonyl (C=O) groups excluding carboxylic acids is 2. The third kappa shape index (κ3) is 3.97. The molecule has 1 heterocycles. The van der Waals surface area contributed by atoms with Gasteiger partial charge in [-0.3, -0.25) is 9.59 Å². The van der Waals surface area contributed by atoms with Gasteiger partial charge in [0, 0.05) is 36.9 Å². The Hall–Kier alpha value is -1.78. The van der Waals surface area contributed by atoms with E-state index in [2.05, 4.69) is 10.6 Å². The smallest absolute Gasteiger partial charge is 0.242 e. The van der Waals surface area contributed by atoms with Crippen LogP contribution in [0.3, 0.4) is 0 Å². The zero-order valence-electron chi connectivity index (χ0n) is 15.9. The van der Waals surface area contributed by atoms with Crippen LogP contribution in [0.15, 0.2) is 18.3 Å². The quantitative estimate of drug-likeness (QED) is 0.753. The predicted octanol–water partition coefficient (Wildman–Crippen LogP) is 3.09. The molecule has 26 heavy (non-hydrogen) atoms. The Morgan fingerprint density at radius 1 is 1.00 bits per heavy atom. The molecule has 0 aliphatic heterocycles. The van der Waals surface area contributed by atoms with Crippen molar-refractivity contribution >= 4 is 11.8 Å². The topological polar surface area (TPSA) is 45.6 Å². The third-order valence-corrected chi connectivity index (χ3v) is 6.22. The number of hydrogen-bond donors (Lipinski definition) is 0. The van der Waals surface area contributed by atoms with Crippen LogP contribution < -0.4 is 0 Å². The van der Waals surface area contributed by atoms with E-state index in [1.807, 2.05) is 29.1 Å². The molecule has 0 bridgehead atoms. The fraction of sp³-hybridized carbons (Fsp3) is 0.714. The van der Waals surface area contributed by atoms with Gasteiger partial charge in [-0.15, -0.1) is 0 Å². The summed E-state index contributed by atoms with van der Waals surface area (Å²) in [7, 11) is 2.02. The van der Waals surface area contributed by atoms with Gasteiger partial charge in [0.15, 0.2) is 0 Å². The first-order valence-corrected chi connectivity index (χ1v) is 10.3. The molecule has 3 aliphatic rings. The lowest BCUT2D eigenvalue weighted by atomic mass is 9.93. The Balaban J connectivity index is 1.46. The van der Waals surface area contributed by atoms with E-state index >= 15 is 0 Å². The molecule has 0 spiro atoms. The lowest BCUT2D eigenvalue weighted by molar-refractivity contribution is -0.144. The van der Waals surface area contributed by atoms with E-state index in [1.165, 1.54) is 19.3 Å². The highest BCUT2D eigenvalue weighted by Gasteiger charge is 2.39. The highest BCUT2D eigenvalue weighted by molar-refractivity contribution is 5.87. The fourth-order valence-electron chi connectivity index (χ4n) is 4.22. The fourth-order valence-corrected chi connectivity index (χ4v) is 4.22. The van der Waals surface area contributed by atoms with Crippen molar-refractivity contribution in [2.24, 2.45) is 13.0 Å². The second-order valence-electron chi connectivity index (χ2n) is 8.40. The summed E-state index contributed by atoms with van der Waals surface area (Å²) in [5.41, 5.74) is 1.16. The van der Waals surface area contributed by atoms with Crippen LogP contribution >= 0.6 is 0 Å². The monoisotopic (exact) mass is 357 g/mol. The molecule has 0 atom stereocenters. The van der Waals surface area contributed by atoms with Crippen LogP contribution in [0.4, 0.5) is 0 Å². The maximum Gasteiger partial charge on any atom is 0.242 e. The van der Waals surface area contributed by atoms with Gasteiger partial charge in [0.2, 0.25) is 11.8 Å². The molecular formula is C21H31N3O2. The summed E-state index contributed by atoms with van der Waals surface area (Å²) in [6, 6.07) is 4.74. The summed E-state index contributed by atoms with van der Waals surface area (Å²) < 4.78 is 2.08. The van der Waals surface area contributed by atoms with Crippen LogP contribution in [0.1, 0.15) is 63.5 Å². The van der Waals surface area contributed by atoms with Gasteiger partial charge in [0.1, 0.15) is 6.54 Å². The summed E-state index contributed by atoms with van der Waals surface area (Å²) in [4.78, 5) is 30.0. The molecule has 3 saturated carbocycles. The van der Waals surface area contributed by atoms with Gasteiger partial charge in [-0.25, -0.2) is 0 Å². The highest BCUT2D eigenvalue weighted by Crippen LogP contribution is 2.34. The van der Waals surface area contributed by atoms with E-state index in [-0.39, 0.29) is 30.3 Å². The van der Waals surface area contributed by atoms with Crippen molar-refractivity contribution in [3.05, 3.63) is 24.0 Å². The second-order valence-corrected chi connectivity index (χ2v) is 8.40. The van der Waals surface area contributed by atoms with Gasteiger partial charge >= 0.3 is 0 Å². The molecule has 0 N–H and O–H groups in total. The van der Waals surface area contributed by atoms with Crippen molar-refractivity contribution in [2.75, 3.05) is 6.54 Å². The van der Waals surface area contributed by atoms with E-state index in [4.69, 9.17) is 0 Å². The summed E-state index contributed by atoms with van der Waals surface area (Å²) >= 11 is 0. The Morgan fingerprint density at radius 2 is 1.69 bits per heavy atom. The average Bonchev–Trinajstić information content (AvgIpc) is 3.56. The summed E-state index contributed by atoms with van der Waals surface area (Å²) in [6.45, 7) is 0.935. The first-order valence-electron chi connectivity index (χ1n) is 10.3. The molecular weight excluding hydrogens is 326 g/mol. The minimum Gasteiger partial charge on any atom is -0.353 e. The van der Waals surface area contributed by atoms with Crippen LogP contribution in [0.25, 0.3) is 0 Å². The Labute approximate surface area is 156 Å². The van der Waals surface area contributed by atoms with Crippen molar-refractivity contribution in [1.82, 2.24) is 14.4 Å². The van der Waals surface area contributed by atoms with E-state index < -0.39 is 0 Å². The molecule has 0 radical (unpaired) electrons. The molecule has 3 fully saturated rings. The maximum atomic E-state index is 13.2. The van der Waals surface area contributed by atoms with Crippen molar-refractivity contribution in [2.45, 2.75) is 76.4 Å². The molecule has 0 unspecified atom stereocenters. The van der Waals surface area contributed by atoms with E-state index in [0.29, 0.717) is 12.6 Å². The van der Waals surface area contributed by atoms with Gasteiger partial charge in [-0.05, 0) is 50.7 Å². The van der Waals surface area contributed by atoms with Crippen LogP contribution in [0.2, 0.25) is 0 Å². The SMILES string of the molecule is Cn1cccc1CN(C(=O)CN(C(=O)C1CC1)C1CCCCC1)C1CC1. The zero-order valence-corrected chi connectivity index (χ0v) is 15.9. The summed E-state index contributed by atoms with van der Waals surface area (Å²) in [6.07, 6.45) is 12.0. The maximum absolute atomic E-state index is 13.2. The molecule has 3 aliphatic carbocycles. The van der Waals surface area contributed by atoms with Crippen LogP contribution in [0, 0.1) is 5.92 Å². The number of amides is 2. The Kier molecular flexibility index (Phi) is 5.05. The van der Waals surface area contributed by atoms with Gasteiger partial charge < -0.3 is 14.4 Å². The number of carbonyl (C=O) groups is 2. The van der Waals surface area contributed by atoms with Crippen molar-refractivity contribution in [1.29, 1.82) is 0 Å². The van der Waals surface area contributed by atoms with E-state index in [1.54, 1.807) is 0 Å². The number of nitrogens with zero attached hydrogens (tertiary/aromatic N) is 3. The average molecular weight is 357 g/mol. The molecule has 5 heteroatoms. The van der Waals surface area contributed by atoms with Gasteiger partial charge in [0.05, 0.1) is 6.54 Å². The number of aromatic nitrogens is 1. The van der Waals surface area contributed by atoms with E-state index in [0.717, 1.165) is 44.2 Å². The lowest BCUT2D eigenvalue weighted by Crippen LogP contribution is -2.49.